The van der Waals surface area contributed by atoms with Crippen molar-refractivity contribution in [1.29, 1.82) is 0 Å². The second kappa shape index (κ2) is 13.5. The van der Waals surface area contributed by atoms with E-state index in [0.717, 1.165) is 21.3 Å². The molecule has 0 aliphatic carbocycles. The van der Waals surface area contributed by atoms with Crippen LogP contribution in [0.1, 0.15) is 33.1 Å². The van der Waals surface area contributed by atoms with Gasteiger partial charge in [0.05, 0.1) is 0 Å². The molecule has 0 aromatic rings. The van der Waals surface area contributed by atoms with Crippen molar-refractivity contribution in [3.05, 3.63) is 0 Å². The monoisotopic (exact) mass is 494 g/mol. The van der Waals surface area contributed by atoms with Crippen LogP contribution in [0.3, 0.4) is 0 Å². The predicted octanol–water partition coefficient (Wildman–Crippen LogP) is 1.13. The molecule has 10 nitrogen and oxygen atoms in total. The predicted molar refractivity (Wildman–Crippen MR) is 95.6 cm³/mol. The van der Waals surface area contributed by atoms with Gasteiger partial charge in [0.15, 0.2) is 0 Å². The number of methoxy groups -OCH3 is 3. The standard InChI is InChI=1S/3C5H7O3.C3H7O.Zr/c3*1-4(6)3-5(7)8-2;1-3(2)4;/h3*1,3H2,2H3;3H,1-2H3;/q;;;-1;+1. The molecule has 0 aliphatic heterocycles. The zero-order chi connectivity index (χ0) is 22.6. The first-order valence-electron chi connectivity index (χ1n) is 8.90. The molecule has 0 radical (unpaired) electrons. The van der Waals surface area contributed by atoms with Crippen molar-refractivity contribution in [3.63, 3.8) is 0 Å². The number of hydrogen-bond donors (Lipinski definition) is 0. The molecule has 29 heavy (non-hydrogen) atoms. The van der Waals surface area contributed by atoms with Crippen LogP contribution >= 0.6 is 0 Å². The molecular weight excluding hydrogens is 467 g/mol. The van der Waals surface area contributed by atoms with Crippen molar-refractivity contribution in [3.8, 4) is 0 Å². The molecule has 11 heteroatoms. The van der Waals surface area contributed by atoms with Crippen molar-refractivity contribution >= 4 is 35.3 Å². The molecule has 0 spiro atoms. The van der Waals surface area contributed by atoms with Gasteiger partial charge in [0.2, 0.25) is 0 Å². The van der Waals surface area contributed by atoms with Crippen molar-refractivity contribution in [2.45, 2.75) is 51.6 Å². The summed E-state index contributed by atoms with van der Waals surface area (Å²) in [7, 11) is 3.41. The summed E-state index contributed by atoms with van der Waals surface area (Å²) in [6.07, 6.45) is -1.97. The number of esters is 3. The van der Waals surface area contributed by atoms with E-state index in [-0.39, 0.29) is 12.4 Å². The molecule has 0 rings (SSSR count). The maximum absolute atomic E-state index is 12.4. The fourth-order valence-electron chi connectivity index (χ4n) is 2.78. The Hall–Kier alpha value is -1.74. The van der Waals surface area contributed by atoms with E-state index in [1.807, 2.05) is 0 Å². The molecular formula is C18H28O10Zr. The third-order valence-corrected chi connectivity index (χ3v) is 13.8. The zero-order valence-corrected chi connectivity index (χ0v) is 19.9. The summed E-state index contributed by atoms with van der Waals surface area (Å²) in [5.74, 6) is -3.82. The number of Topliss-reactive ketones (excluding diaryl/α,β-unsaturated/α-hetero) is 3. The van der Waals surface area contributed by atoms with Crippen LogP contribution < -0.4 is 0 Å². The van der Waals surface area contributed by atoms with Crippen LogP contribution in [-0.4, -0.2) is 62.7 Å². The summed E-state index contributed by atoms with van der Waals surface area (Å²) >= 11 is -4.40. The summed E-state index contributed by atoms with van der Waals surface area (Å²) < 4.78 is 18.7. The first-order valence-corrected chi connectivity index (χ1v) is 15.1. The summed E-state index contributed by atoms with van der Waals surface area (Å²) in [6.45, 7) is 3.37. The Morgan fingerprint density at radius 3 is 1.10 bits per heavy atom. The number of ketones is 3. The molecule has 164 valence electrons. The number of rotatable bonds is 14. The SMILES string of the molecule is COC(=O)CC(=O)[CH2][Zr]([CH2]C(=O)CC(=O)OC)([CH2]C(=O)CC(=O)OC)[O]C(C)C. The number of ether oxygens (including phenoxy) is 3. The summed E-state index contributed by atoms with van der Waals surface area (Å²) in [5, 5.41) is 0. The Morgan fingerprint density at radius 2 is 0.897 bits per heavy atom. The Bertz CT molecular complexity index is 562. The molecule has 0 amide bonds. The van der Waals surface area contributed by atoms with E-state index in [1.165, 1.54) is 0 Å². The van der Waals surface area contributed by atoms with E-state index >= 15 is 0 Å². The van der Waals surface area contributed by atoms with Gasteiger partial charge in [-0.2, -0.15) is 0 Å². The van der Waals surface area contributed by atoms with E-state index in [0.29, 0.717) is 0 Å². The number of hydrogen-bond acceptors (Lipinski definition) is 10. The van der Waals surface area contributed by atoms with Crippen LogP contribution in [0.25, 0.3) is 0 Å². The number of carbonyl (C=O) groups is 6. The molecule has 0 saturated carbocycles. The first-order chi connectivity index (χ1) is 13.5. The molecule has 0 atom stereocenters. The Labute approximate surface area is 174 Å². The molecule has 0 aromatic carbocycles. The molecule has 0 heterocycles. The van der Waals surface area contributed by atoms with Gasteiger partial charge in [-0.1, -0.05) is 0 Å². The molecule has 0 saturated heterocycles. The van der Waals surface area contributed by atoms with E-state index < -0.39 is 81.3 Å². The van der Waals surface area contributed by atoms with Gasteiger partial charge in [0.25, 0.3) is 0 Å². The van der Waals surface area contributed by atoms with Crippen molar-refractivity contribution in [1.82, 2.24) is 0 Å². The van der Waals surface area contributed by atoms with Crippen LogP contribution in [-0.2, 0) is 66.5 Å². The van der Waals surface area contributed by atoms with Gasteiger partial charge >= 0.3 is 175 Å². The Balaban J connectivity index is 5.73. The molecule has 0 aromatic heterocycles. The van der Waals surface area contributed by atoms with Crippen LogP contribution in [0.15, 0.2) is 0 Å². The average Bonchev–Trinajstić information content (AvgIpc) is 2.59. The fourth-order valence-corrected chi connectivity index (χ4v) is 13.0. The van der Waals surface area contributed by atoms with E-state index in [1.54, 1.807) is 13.8 Å². The summed E-state index contributed by atoms with van der Waals surface area (Å²) in [6, 6.07) is 0. The van der Waals surface area contributed by atoms with Gasteiger partial charge in [-0.15, -0.1) is 0 Å². The Kier molecular flexibility index (Phi) is 12.7. The minimum atomic E-state index is -4.40. The average molecular weight is 496 g/mol. The van der Waals surface area contributed by atoms with E-state index in [4.69, 9.17) is 2.81 Å². The second-order valence-corrected chi connectivity index (χ2v) is 15.8. The van der Waals surface area contributed by atoms with Crippen LogP contribution in [0.2, 0.25) is 12.4 Å². The third-order valence-electron chi connectivity index (χ3n) is 3.75. The van der Waals surface area contributed by atoms with Crippen LogP contribution in [0.4, 0.5) is 0 Å². The third kappa shape index (κ3) is 11.8. The summed E-state index contributed by atoms with van der Waals surface area (Å²) in [4.78, 5) is 71.5. The molecule has 0 N–H and O–H groups in total. The van der Waals surface area contributed by atoms with Crippen LogP contribution in [0.5, 0.6) is 0 Å². The number of carbonyl (C=O) groups excluding carboxylic acids is 6. The van der Waals surface area contributed by atoms with Crippen molar-refractivity contribution in [2.75, 3.05) is 21.3 Å². The van der Waals surface area contributed by atoms with Gasteiger partial charge < -0.3 is 0 Å². The molecule has 0 bridgehead atoms. The molecule has 0 unspecified atom stereocenters. The van der Waals surface area contributed by atoms with E-state index in [2.05, 4.69) is 14.2 Å². The quantitative estimate of drug-likeness (QED) is 0.196. The molecule has 0 aliphatic rings. The van der Waals surface area contributed by atoms with Crippen molar-refractivity contribution in [2.24, 2.45) is 0 Å². The van der Waals surface area contributed by atoms with Gasteiger partial charge in [-0.3, -0.25) is 0 Å². The minimum absolute atomic E-state index is 0.248. The van der Waals surface area contributed by atoms with Gasteiger partial charge in [0.1, 0.15) is 0 Å². The fraction of sp³-hybridized carbons (Fsp3) is 0.667. The van der Waals surface area contributed by atoms with Gasteiger partial charge in [-0.05, 0) is 0 Å². The topological polar surface area (TPSA) is 139 Å². The zero-order valence-electron chi connectivity index (χ0n) is 17.4. The molecule has 0 fully saturated rings. The van der Waals surface area contributed by atoms with Gasteiger partial charge in [0, 0.05) is 0 Å². The first kappa shape index (κ1) is 27.3. The maximum atomic E-state index is 12.4. The summed E-state index contributed by atoms with van der Waals surface area (Å²) in [5.41, 5.74) is 0. The Morgan fingerprint density at radius 1 is 0.621 bits per heavy atom. The van der Waals surface area contributed by atoms with Gasteiger partial charge in [-0.25, -0.2) is 0 Å². The normalized spacial score (nSPS) is 11.0. The van der Waals surface area contributed by atoms with Crippen molar-refractivity contribution < 1.29 is 66.5 Å². The van der Waals surface area contributed by atoms with E-state index in [9.17, 15) is 28.8 Å². The second-order valence-electron chi connectivity index (χ2n) is 6.75. The van der Waals surface area contributed by atoms with Crippen LogP contribution in [0, 0.1) is 0 Å².